The molecule has 7 heteroatoms. The Labute approximate surface area is 138 Å². The van der Waals surface area contributed by atoms with E-state index in [1.807, 2.05) is 6.07 Å². The molecule has 3 unspecified atom stereocenters. The van der Waals surface area contributed by atoms with E-state index in [1.165, 1.54) is 4.90 Å². The van der Waals surface area contributed by atoms with E-state index in [9.17, 15) is 14.7 Å². The number of aliphatic carboxylic acids is 1. The monoisotopic (exact) mass is 327 g/mol. The van der Waals surface area contributed by atoms with Crippen LogP contribution in [0.3, 0.4) is 0 Å². The molecule has 1 saturated heterocycles. The molecule has 2 aliphatic rings. The molecule has 1 amide bonds. The quantitative estimate of drug-likeness (QED) is 0.927. The fourth-order valence-corrected chi connectivity index (χ4v) is 4.00. The Morgan fingerprint density at radius 2 is 2.21 bits per heavy atom. The van der Waals surface area contributed by atoms with Crippen molar-refractivity contribution < 1.29 is 19.2 Å². The van der Waals surface area contributed by atoms with E-state index in [0.717, 1.165) is 24.8 Å². The Hall–Kier alpha value is -2.70. The molecule has 0 radical (unpaired) electrons. The third-order valence-electron chi connectivity index (χ3n) is 5.08. The Bertz CT molecular complexity index is 773. The molecule has 1 N–H and O–H groups in total. The summed E-state index contributed by atoms with van der Waals surface area (Å²) in [6.07, 6.45) is 6.15. The Kier molecular flexibility index (Phi) is 3.55. The van der Waals surface area contributed by atoms with E-state index >= 15 is 0 Å². The average Bonchev–Trinajstić information content (AvgIpc) is 3.29. The largest absolute Gasteiger partial charge is 0.480 e. The number of carbonyl (C=O) groups is 2. The van der Waals surface area contributed by atoms with E-state index in [4.69, 9.17) is 4.52 Å². The summed E-state index contributed by atoms with van der Waals surface area (Å²) in [7, 11) is 0. The van der Waals surface area contributed by atoms with Crippen molar-refractivity contribution >= 4 is 11.9 Å². The third kappa shape index (κ3) is 2.36. The van der Waals surface area contributed by atoms with Gasteiger partial charge in [-0.15, -0.1) is 0 Å². The van der Waals surface area contributed by atoms with E-state index < -0.39 is 12.0 Å². The maximum absolute atomic E-state index is 12.8. The van der Waals surface area contributed by atoms with Gasteiger partial charge < -0.3 is 14.5 Å². The van der Waals surface area contributed by atoms with Crippen LogP contribution in [-0.2, 0) is 4.79 Å². The van der Waals surface area contributed by atoms with Crippen LogP contribution in [0.25, 0.3) is 11.3 Å². The number of hydrogen-bond donors (Lipinski definition) is 1. The number of aromatic nitrogens is 2. The van der Waals surface area contributed by atoms with Gasteiger partial charge in [0.2, 0.25) is 0 Å². The Morgan fingerprint density at radius 1 is 1.33 bits per heavy atom. The van der Waals surface area contributed by atoms with E-state index in [2.05, 4.69) is 10.1 Å². The van der Waals surface area contributed by atoms with Crippen LogP contribution in [0.15, 0.2) is 35.1 Å². The topological polar surface area (TPSA) is 96.5 Å². The first kappa shape index (κ1) is 14.9. The van der Waals surface area contributed by atoms with E-state index in [1.54, 1.807) is 24.5 Å². The van der Waals surface area contributed by atoms with Crippen molar-refractivity contribution in [3.05, 3.63) is 36.3 Å². The highest BCUT2D eigenvalue weighted by Crippen LogP contribution is 2.42. The van der Waals surface area contributed by atoms with Gasteiger partial charge in [-0.3, -0.25) is 9.78 Å². The van der Waals surface area contributed by atoms with Gasteiger partial charge in [-0.1, -0.05) is 11.6 Å². The highest BCUT2D eigenvalue weighted by molar-refractivity contribution is 5.96. The fraction of sp³-hybridized carbons (Fsp3) is 0.412. The van der Waals surface area contributed by atoms with Crippen LogP contribution in [0.2, 0.25) is 0 Å². The first-order chi connectivity index (χ1) is 11.6. The zero-order valence-electron chi connectivity index (χ0n) is 13.0. The zero-order chi connectivity index (χ0) is 16.7. The van der Waals surface area contributed by atoms with Gasteiger partial charge in [0.1, 0.15) is 6.04 Å². The minimum absolute atomic E-state index is 0.0520. The van der Waals surface area contributed by atoms with Gasteiger partial charge in [-0.05, 0) is 36.8 Å². The Balaban J connectivity index is 1.60. The van der Waals surface area contributed by atoms with Gasteiger partial charge in [-0.2, -0.15) is 0 Å². The summed E-state index contributed by atoms with van der Waals surface area (Å²) in [6.45, 7) is 0.482. The minimum Gasteiger partial charge on any atom is -0.480 e. The Morgan fingerprint density at radius 3 is 2.96 bits per heavy atom. The number of rotatable bonds is 3. The number of likely N-dealkylation sites (tertiary alicyclic amines) is 1. The number of nitrogens with zero attached hydrogens (tertiary/aromatic N) is 3. The number of fused-ring (bicyclic) bond motifs is 1. The molecule has 24 heavy (non-hydrogen) atoms. The fourth-order valence-electron chi connectivity index (χ4n) is 4.00. The lowest BCUT2D eigenvalue weighted by molar-refractivity contribution is -0.142. The molecule has 1 aliphatic carbocycles. The number of pyridine rings is 1. The van der Waals surface area contributed by atoms with Crippen LogP contribution in [0.4, 0.5) is 0 Å². The summed E-state index contributed by atoms with van der Waals surface area (Å²) in [5.41, 5.74) is 0.859. The molecule has 4 rings (SSSR count). The second-order valence-electron chi connectivity index (χ2n) is 6.41. The maximum Gasteiger partial charge on any atom is 0.326 e. The highest BCUT2D eigenvalue weighted by atomic mass is 16.5. The van der Waals surface area contributed by atoms with Crippen LogP contribution in [0.5, 0.6) is 0 Å². The third-order valence-corrected chi connectivity index (χ3v) is 5.08. The number of carboxylic acids is 1. The molecule has 2 fully saturated rings. The molecule has 1 aliphatic heterocycles. The van der Waals surface area contributed by atoms with Crippen molar-refractivity contribution in [3.8, 4) is 11.3 Å². The molecular formula is C17H17N3O4. The summed E-state index contributed by atoms with van der Waals surface area (Å²) in [4.78, 5) is 29.9. The SMILES string of the molecule is O=C(O)C1C2CCCC2CN1C(=O)c1cc(-c2cccnc2)on1. The summed E-state index contributed by atoms with van der Waals surface area (Å²) in [5.74, 6) is -0.543. The van der Waals surface area contributed by atoms with Crippen LogP contribution in [0, 0.1) is 11.8 Å². The van der Waals surface area contributed by atoms with Crippen LogP contribution < -0.4 is 0 Å². The smallest absolute Gasteiger partial charge is 0.326 e. The molecular weight excluding hydrogens is 310 g/mol. The van der Waals surface area contributed by atoms with Crippen molar-refractivity contribution in [1.29, 1.82) is 0 Å². The molecule has 7 nitrogen and oxygen atoms in total. The van der Waals surface area contributed by atoms with E-state index in [0.29, 0.717) is 12.3 Å². The van der Waals surface area contributed by atoms with Crippen LogP contribution >= 0.6 is 0 Å². The maximum atomic E-state index is 12.8. The van der Waals surface area contributed by atoms with Gasteiger partial charge in [0.15, 0.2) is 11.5 Å². The van der Waals surface area contributed by atoms with E-state index in [-0.39, 0.29) is 23.4 Å². The summed E-state index contributed by atoms with van der Waals surface area (Å²) < 4.78 is 5.24. The summed E-state index contributed by atoms with van der Waals surface area (Å²) in [5, 5.41) is 13.4. The lowest BCUT2D eigenvalue weighted by Gasteiger charge is -2.23. The molecule has 124 valence electrons. The second kappa shape index (κ2) is 5.74. The molecule has 2 aromatic heterocycles. The molecule has 3 atom stereocenters. The number of amides is 1. The molecule has 1 saturated carbocycles. The van der Waals surface area contributed by atoms with Gasteiger partial charge in [0.25, 0.3) is 5.91 Å². The lowest BCUT2D eigenvalue weighted by atomic mass is 9.94. The summed E-state index contributed by atoms with van der Waals surface area (Å²) >= 11 is 0. The zero-order valence-corrected chi connectivity index (χ0v) is 13.0. The first-order valence-electron chi connectivity index (χ1n) is 8.06. The number of carboxylic acid groups (broad SMARTS) is 1. The summed E-state index contributed by atoms with van der Waals surface area (Å²) in [6, 6.07) is 4.36. The predicted octanol–water partition coefficient (Wildman–Crippen LogP) is 2.06. The van der Waals surface area contributed by atoms with Crippen molar-refractivity contribution in [1.82, 2.24) is 15.0 Å². The normalized spacial score (nSPS) is 25.7. The van der Waals surface area contributed by atoms with Gasteiger partial charge in [0, 0.05) is 30.6 Å². The van der Waals surface area contributed by atoms with Crippen molar-refractivity contribution in [2.75, 3.05) is 6.54 Å². The molecule has 0 aromatic carbocycles. The van der Waals surface area contributed by atoms with Crippen molar-refractivity contribution in [3.63, 3.8) is 0 Å². The standard InChI is InChI=1S/C17H17N3O4/c21-16(13-7-14(24-19-13)10-4-2-6-18-8-10)20-9-11-3-1-5-12(11)15(20)17(22)23/h2,4,6-8,11-12,15H,1,3,5,9H2,(H,22,23). The average molecular weight is 327 g/mol. The van der Waals surface area contributed by atoms with Gasteiger partial charge in [-0.25, -0.2) is 4.79 Å². The minimum atomic E-state index is -0.936. The molecule has 3 heterocycles. The molecule has 0 spiro atoms. The van der Waals surface area contributed by atoms with Crippen molar-refractivity contribution in [2.24, 2.45) is 11.8 Å². The van der Waals surface area contributed by atoms with Gasteiger partial charge >= 0.3 is 5.97 Å². The molecule has 0 bridgehead atoms. The van der Waals surface area contributed by atoms with Crippen LogP contribution in [-0.4, -0.2) is 44.6 Å². The first-order valence-corrected chi connectivity index (χ1v) is 8.06. The van der Waals surface area contributed by atoms with Crippen molar-refractivity contribution in [2.45, 2.75) is 25.3 Å². The lowest BCUT2D eigenvalue weighted by Crippen LogP contribution is -2.43. The molecule has 2 aromatic rings. The predicted molar refractivity (Wildman–Crippen MR) is 83.0 cm³/mol. The van der Waals surface area contributed by atoms with Gasteiger partial charge in [0.05, 0.1) is 0 Å². The number of hydrogen-bond acceptors (Lipinski definition) is 5. The highest BCUT2D eigenvalue weighted by Gasteiger charge is 2.50. The second-order valence-corrected chi connectivity index (χ2v) is 6.41. The van der Waals surface area contributed by atoms with Crippen LogP contribution in [0.1, 0.15) is 29.8 Å². The number of carbonyl (C=O) groups excluding carboxylic acids is 1.